The van der Waals surface area contributed by atoms with Gasteiger partial charge in [-0.1, -0.05) is 51.0 Å². The van der Waals surface area contributed by atoms with E-state index in [0.717, 1.165) is 19.4 Å². The molecular formula is C15H26O3. The standard InChI is InChI=1S/C15H26O3/c16-15-11-10-13-17-12-8-6-4-2-1-3-5-7-9-14-18-15/h10-11H,1-9,12-14H2/b11-10-. The second kappa shape index (κ2) is 11.3. The topological polar surface area (TPSA) is 35.5 Å². The smallest absolute Gasteiger partial charge is 0.330 e. The zero-order valence-electron chi connectivity index (χ0n) is 11.4. The molecule has 0 saturated heterocycles. The summed E-state index contributed by atoms with van der Waals surface area (Å²) in [5.74, 6) is -0.247. The first-order valence-electron chi connectivity index (χ1n) is 7.30. The summed E-state index contributed by atoms with van der Waals surface area (Å²) >= 11 is 0. The Labute approximate surface area is 111 Å². The Morgan fingerprint density at radius 2 is 1.33 bits per heavy atom. The molecule has 0 fully saturated rings. The van der Waals surface area contributed by atoms with E-state index in [1.54, 1.807) is 6.08 Å². The molecule has 0 unspecified atom stereocenters. The molecule has 0 bridgehead atoms. The number of hydrogen-bond acceptors (Lipinski definition) is 3. The molecule has 18 heavy (non-hydrogen) atoms. The van der Waals surface area contributed by atoms with Crippen LogP contribution in [0.5, 0.6) is 0 Å². The van der Waals surface area contributed by atoms with E-state index in [4.69, 9.17) is 9.47 Å². The third-order valence-electron chi connectivity index (χ3n) is 3.15. The van der Waals surface area contributed by atoms with Gasteiger partial charge in [0, 0.05) is 12.7 Å². The van der Waals surface area contributed by atoms with Crippen molar-refractivity contribution in [1.82, 2.24) is 0 Å². The lowest BCUT2D eigenvalue weighted by Crippen LogP contribution is -2.03. The first-order valence-corrected chi connectivity index (χ1v) is 7.30. The molecule has 0 radical (unpaired) electrons. The molecular weight excluding hydrogens is 228 g/mol. The number of ether oxygens (including phenoxy) is 2. The van der Waals surface area contributed by atoms with E-state index in [1.807, 2.05) is 0 Å². The first-order chi connectivity index (χ1) is 8.89. The first kappa shape index (κ1) is 15.2. The van der Waals surface area contributed by atoms with Gasteiger partial charge in [-0.2, -0.15) is 0 Å². The van der Waals surface area contributed by atoms with Gasteiger partial charge in [0.05, 0.1) is 13.2 Å². The predicted octanol–water partition coefficient (Wildman–Crippen LogP) is 3.63. The zero-order chi connectivity index (χ0) is 12.9. The van der Waals surface area contributed by atoms with E-state index in [9.17, 15) is 4.79 Å². The zero-order valence-corrected chi connectivity index (χ0v) is 11.4. The molecule has 0 aromatic carbocycles. The average Bonchev–Trinajstić information content (AvgIpc) is 2.37. The van der Waals surface area contributed by atoms with E-state index < -0.39 is 0 Å². The van der Waals surface area contributed by atoms with Crippen molar-refractivity contribution in [2.24, 2.45) is 0 Å². The van der Waals surface area contributed by atoms with Crippen LogP contribution in [0.3, 0.4) is 0 Å². The van der Waals surface area contributed by atoms with Crippen LogP contribution in [0.15, 0.2) is 12.2 Å². The second-order valence-corrected chi connectivity index (χ2v) is 4.83. The summed E-state index contributed by atoms with van der Waals surface area (Å²) in [6.45, 7) is 1.85. The molecule has 0 aromatic heterocycles. The SMILES string of the molecule is O=C1/C=C\COCCCCCCCCCCCO1. The Kier molecular flexibility index (Phi) is 9.54. The largest absolute Gasteiger partial charge is 0.463 e. The predicted molar refractivity (Wildman–Crippen MR) is 72.5 cm³/mol. The summed E-state index contributed by atoms with van der Waals surface area (Å²) in [5, 5.41) is 0. The van der Waals surface area contributed by atoms with Gasteiger partial charge in [-0.3, -0.25) is 0 Å². The fourth-order valence-corrected chi connectivity index (χ4v) is 2.06. The van der Waals surface area contributed by atoms with Crippen molar-refractivity contribution < 1.29 is 14.3 Å². The van der Waals surface area contributed by atoms with Crippen molar-refractivity contribution in [2.45, 2.75) is 57.8 Å². The van der Waals surface area contributed by atoms with Crippen molar-refractivity contribution in [3.63, 3.8) is 0 Å². The Hall–Kier alpha value is -0.830. The normalized spacial score (nSPS) is 23.9. The van der Waals surface area contributed by atoms with E-state index >= 15 is 0 Å². The molecule has 0 spiro atoms. The Morgan fingerprint density at radius 3 is 2.00 bits per heavy atom. The van der Waals surface area contributed by atoms with Crippen molar-refractivity contribution >= 4 is 5.97 Å². The van der Waals surface area contributed by atoms with Crippen LogP contribution in [0, 0.1) is 0 Å². The van der Waals surface area contributed by atoms with Crippen LogP contribution in [-0.4, -0.2) is 25.8 Å². The lowest BCUT2D eigenvalue weighted by Gasteiger charge is -2.03. The maximum atomic E-state index is 11.3. The minimum Gasteiger partial charge on any atom is -0.463 e. The van der Waals surface area contributed by atoms with Gasteiger partial charge in [0.25, 0.3) is 0 Å². The Morgan fingerprint density at radius 1 is 0.778 bits per heavy atom. The van der Waals surface area contributed by atoms with Gasteiger partial charge in [-0.05, 0) is 12.8 Å². The van der Waals surface area contributed by atoms with Gasteiger partial charge in [0.1, 0.15) is 0 Å². The van der Waals surface area contributed by atoms with Gasteiger partial charge in [0.2, 0.25) is 0 Å². The van der Waals surface area contributed by atoms with Crippen molar-refractivity contribution in [2.75, 3.05) is 19.8 Å². The van der Waals surface area contributed by atoms with Crippen molar-refractivity contribution in [1.29, 1.82) is 0 Å². The van der Waals surface area contributed by atoms with E-state index in [-0.39, 0.29) is 5.97 Å². The molecule has 1 heterocycles. The minimum atomic E-state index is -0.247. The molecule has 1 aliphatic rings. The number of cyclic esters (lactones) is 1. The second-order valence-electron chi connectivity index (χ2n) is 4.83. The fraction of sp³-hybridized carbons (Fsp3) is 0.800. The van der Waals surface area contributed by atoms with Crippen LogP contribution in [0.2, 0.25) is 0 Å². The Bertz CT molecular complexity index is 236. The lowest BCUT2D eigenvalue weighted by atomic mass is 10.1. The van der Waals surface area contributed by atoms with Crippen LogP contribution in [0.25, 0.3) is 0 Å². The molecule has 0 saturated carbocycles. The highest BCUT2D eigenvalue weighted by Gasteiger charge is 1.98. The quantitative estimate of drug-likeness (QED) is 0.619. The molecule has 0 atom stereocenters. The summed E-state index contributed by atoms with van der Waals surface area (Å²) in [6, 6.07) is 0. The van der Waals surface area contributed by atoms with E-state index in [1.165, 1.54) is 51.0 Å². The highest BCUT2D eigenvalue weighted by molar-refractivity contribution is 5.81. The average molecular weight is 254 g/mol. The van der Waals surface area contributed by atoms with Gasteiger partial charge in [0.15, 0.2) is 0 Å². The number of hydrogen-bond donors (Lipinski definition) is 0. The molecule has 3 nitrogen and oxygen atoms in total. The van der Waals surface area contributed by atoms with Crippen LogP contribution in [0.4, 0.5) is 0 Å². The maximum absolute atomic E-state index is 11.3. The fourth-order valence-electron chi connectivity index (χ4n) is 2.06. The van der Waals surface area contributed by atoms with Crippen molar-refractivity contribution in [3.8, 4) is 0 Å². The van der Waals surface area contributed by atoms with Gasteiger partial charge >= 0.3 is 5.97 Å². The number of carbonyl (C=O) groups is 1. The molecule has 0 aliphatic carbocycles. The molecule has 0 amide bonds. The van der Waals surface area contributed by atoms with E-state index in [0.29, 0.717) is 13.2 Å². The van der Waals surface area contributed by atoms with Crippen molar-refractivity contribution in [3.05, 3.63) is 12.2 Å². The third-order valence-corrected chi connectivity index (χ3v) is 3.15. The monoisotopic (exact) mass is 254 g/mol. The molecule has 0 N–H and O–H groups in total. The lowest BCUT2D eigenvalue weighted by molar-refractivity contribution is -0.137. The third kappa shape index (κ3) is 9.23. The highest BCUT2D eigenvalue weighted by Crippen LogP contribution is 2.10. The molecule has 104 valence electrons. The summed E-state index contributed by atoms with van der Waals surface area (Å²) in [5.41, 5.74) is 0. The summed E-state index contributed by atoms with van der Waals surface area (Å²) < 4.78 is 10.5. The van der Waals surface area contributed by atoms with Gasteiger partial charge < -0.3 is 9.47 Å². The van der Waals surface area contributed by atoms with Crippen LogP contribution < -0.4 is 0 Å². The highest BCUT2D eigenvalue weighted by atomic mass is 16.5. The summed E-state index contributed by atoms with van der Waals surface area (Å²) in [7, 11) is 0. The molecule has 1 rings (SSSR count). The molecule has 1 aliphatic heterocycles. The van der Waals surface area contributed by atoms with Crippen LogP contribution >= 0.6 is 0 Å². The van der Waals surface area contributed by atoms with E-state index in [2.05, 4.69) is 0 Å². The van der Waals surface area contributed by atoms with Crippen LogP contribution in [0.1, 0.15) is 57.8 Å². The number of esters is 1. The van der Waals surface area contributed by atoms with Gasteiger partial charge in [-0.15, -0.1) is 0 Å². The molecule has 0 aromatic rings. The number of carbonyl (C=O) groups excluding carboxylic acids is 1. The van der Waals surface area contributed by atoms with Gasteiger partial charge in [-0.25, -0.2) is 4.79 Å². The Balaban J connectivity index is 2.18. The molecule has 3 heteroatoms. The maximum Gasteiger partial charge on any atom is 0.330 e. The van der Waals surface area contributed by atoms with Crippen LogP contribution in [-0.2, 0) is 14.3 Å². The summed E-state index contributed by atoms with van der Waals surface area (Å²) in [4.78, 5) is 11.3. The minimum absolute atomic E-state index is 0.247. The summed E-state index contributed by atoms with van der Waals surface area (Å²) in [6.07, 6.45) is 14.3. The number of rotatable bonds is 0.